The second-order valence-electron chi connectivity index (χ2n) is 20.3. The van der Waals surface area contributed by atoms with Gasteiger partial charge in [0.25, 0.3) is 0 Å². The van der Waals surface area contributed by atoms with Crippen LogP contribution in [-0.4, -0.2) is 62.9 Å². The highest BCUT2D eigenvalue weighted by Crippen LogP contribution is 2.46. The van der Waals surface area contributed by atoms with Crippen LogP contribution in [0.4, 0.5) is 0 Å². The van der Waals surface area contributed by atoms with Crippen LogP contribution in [0.3, 0.4) is 0 Å². The Labute approximate surface area is 450 Å². The van der Waals surface area contributed by atoms with Gasteiger partial charge in [-0.05, 0) is 117 Å². The summed E-state index contributed by atoms with van der Waals surface area (Å²) in [4.78, 5) is 79.7. The molecule has 8 rings (SSSR count). The second-order valence-corrected chi connectivity index (χ2v) is 20.3. The predicted molar refractivity (Wildman–Crippen MR) is 294 cm³/mol. The molecule has 0 aromatic heterocycles. The molecule has 2 aliphatic rings. The zero-order valence-electron chi connectivity index (χ0n) is 44.3. The molecule has 0 spiro atoms. The fourth-order valence-corrected chi connectivity index (χ4v) is 10.2. The molecule has 12 nitrogen and oxygen atoms in total. The van der Waals surface area contributed by atoms with Gasteiger partial charge >= 0.3 is 23.9 Å². The second kappa shape index (κ2) is 25.4. The smallest absolute Gasteiger partial charge is 0.315 e. The van der Waals surface area contributed by atoms with Crippen LogP contribution >= 0.6 is 0 Å². The molecule has 0 heterocycles. The van der Waals surface area contributed by atoms with E-state index in [1.807, 2.05) is 76.2 Å². The molecular weight excluding hydrogens is 973 g/mol. The molecular formula is C65H64O12. The van der Waals surface area contributed by atoms with E-state index in [0.29, 0.717) is 24.0 Å². The van der Waals surface area contributed by atoms with Crippen molar-refractivity contribution >= 4 is 47.6 Å². The summed E-state index contributed by atoms with van der Waals surface area (Å²) >= 11 is 0. The van der Waals surface area contributed by atoms with Crippen molar-refractivity contribution in [1.82, 2.24) is 0 Å². The number of fused-ring (bicyclic) bond motifs is 6. The average Bonchev–Trinajstić information content (AvgIpc) is 3.95. The Balaban J connectivity index is 0.813. The van der Waals surface area contributed by atoms with E-state index in [1.165, 1.54) is 38.5 Å². The van der Waals surface area contributed by atoms with Crippen LogP contribution in [0.2, 0.25) is 0 Å². The zero-order valence-corrected chi connectivity index (χ0v) is 44.3. The van der Waals surface area contributed by atoms with Crippen molar-refractivity contribution in [2.45, 2.75) is 71.6 Å². The molecule has 2 aliphatic carbocycles. The van der Waals surface area contributed by atoms with Crippen molar-refractivity contribution in [2.75, 3.05) is 27.4 Å². The van der Waals surface area contributed by atoms with Gasteiger partial charge in [0.05, 0.1) is 45.3 Å². The Kier molecular flexibility index (Phi) is 18.1. The van der Waals surface area contributed by atoms with Crippen LogP contribution in [-0.2, 0) is 38.2 Å². The fraction of sp³-hybridized carbons (Fsp3) is 0.292. The maximum Gasteiger partial charge on any atom is 0.315 e. The lowest BCUT2D eigenvalue weighted by atomic mass is 9.94. The molecule has 0 radical (unpaired) electrons. The van der Waals surface area contributed by atoms with Crippen molar-refractivity contribution in [1.29, 1.82) is 0 Å². The van der Waals surface area contributed by atoms with Gasteiger partial charge in [-0.1, -0.05) is 149 Å². The summed E-state index contributed by atoms with van der Waals surface area (Å²) in [5, 5.41) is 0. The van der Waals surface area contributed by atoms with Crippen LogP contribution in [0.1, 0.15) is 105 Å². The molecule has 6 aromatic carbocycles. The van der Waals surface area contributed by atoms with Crippen molar-refractivity contribution in [3.63, 3.8) is 0 Å². The third-order valence-corrected chi connectivity index (χ3v) is 13.8. The maximum atomic E-state index is 13.6. The highest BCUT2D eigenvalue weighted by atomic mass is 16.6. The number of carbonyl (C=O) groups is 6. The van der Waals surface area contributed by atoms with E-state index in [4.69, 9.17) is 28.4 Å². The average molecular weight is 1040 g/mol. The lowest BCUT2D eigenvalue weighted by Gasteiger charge is -2.19. The molecule has 0 aliphatic heterocycles. The summed E-state index contributed by atoms with van der Waals surface area (Å²) < 4.78 is 34.4. The summed E-state index contributed by atoms with van der Waals surface area (Å²) in [6.45, 7) is 8.16. The molecule has 0 bridgehead atoms. The van der Waals surface area contributed by atoms with Crippen LogP contribution in [0.25, 0.3) is 34.4 Å². The fourth-order valence-electron chi connectivity index (χ4n) is 10.2. The third-order valence-electron chi connectivity index (χ3n) is 13.8. The van der Waals surface area contributed by atoms with Crippen LogP contribution < -0.4 is 18.9 Å². The van der Waals surface area contributed by atoms with Gasteiger partial charge in [-0.2, -0.15) is 0 Å². The minimum absolute atomic E-state index is 0.0876. The largest absolute Gasteiger partial charge is 0.493 e. The molecule has 0 N–H and O–H groups in total. The normalized spacial score (nSPS) is 13.4. The first-order valence-electron chi connectivity index (χ1n) is 26.1. The number of carbonyl (C=O) groups excluding carboxylic acids is 6. The molecule has 0 saturated carbocycles. The van der Waals surface area contributed by atoms with Crippen molar-refractivity contribution < 1.29 is 57.2 Å². The number of ether oxygens (including phenoxy) is 6. The molecule has 396 valence electrons. The number of hydrogen-bond acceptors (Lipinski definition) is 12. The van der Waals surface area contributed by atoms with E-state index in [9.17, 15) is 28.8 Å². The van der Waals surface area contributed by atoms with E-state index in [-0.39, 0.29) is 72.7 Å². The Morgan fingerprint density at radius 2 is 0.792 bits per heavy atom. The standard InChI is InChI=1S/C65H64O12/c1-40(2)31-44(35-62(68)74-38-56-52-19-11-7-15-48(52)49-16-8-12-20-53(49)56)64(70)76-58-29-25-42(33-60(58)72-5)23-27-46(66)37-47(67)28-24-43-26-30-59(61(34-43)73-6)77-65(71)45(32-41(3)4)36-63(69)75-39-57-54-21-13-9-17-50(54)51-18-10-14-22-55(51)57/h7-30,33-34,40-41,44-45,56-57H,31-32,35-39H2,1-6H3/b27-23+,28-24+/t44-,45-/m1/s1. The number of hydrogen-bond donors (Lipinski definition) is 0. The van der Waals surface area contributed by atoms with Gasteiger partial charge in [0.2, 0.25) is 0 Å². The summed E-state index contributed by atoms with van der Waals surface area (Å²) in [5.74, 6) is -3.89. The van der Waals surface area contributed by atoms with E-state index in [0.717, 1.165) is 44.5 Å². The van der Waals surface area contributed by atoms with Crippen molar-refractivity contribution in [3.8, 4) is 45.3 Å². The van der Waals surface area contributed by atoms with Crippen molar-refractivity contribution in [2.24, 2.45) is 23.7 Å². The van der Waals surface area contributed by atoms with E-state index in [1.54, 1.807) is 36.4 Å². The van der Waals surface area contributed by atoms with Crippen LogP contribution in [0, 0.1) is 23.7 Å². The van der Waals surface area contributed by atoms with Crippen molar-refractivity contribution in [3.05, 3.63) is 179 Å². The van der Waals surface area contributed by atoms with Gasteiger partial charge in [-0.3, -0.25) is 28.8 Å². The Morgan fingerprint density at radius 1 is 0.455 bits per heavy atom. The molecule has 0 fully saturated rings. The minimum atomic E-state index is -0.768. The molecule has 77 heavy (non-hydrogen) atoms. The summed E-state index contributed by atoms with van der Waals surface area (Å²) in [7, 11) is 2.85. The lowest BCUT2D eigenvalue weighted by Crippen LogP contribution is -2.26. The van der Waals surface area contributed by atoms with E-state index in [2.05, 4.69) is 48.5 Å². The Bertz CT molecular complexity index is 2910. The summed E-state index contributed by atoms with van der Waals surface area (Å²) in [6.07, 6.45) is 5.70. The highest BCUT2D eigenvalue weighted by Gasteiger charge is 2.33. The quantitative estimate of drug-likeness (QED) is 0.0245. The minimum Gasteiger partial charge on any atom is -0.493 e. The van der Waals surface area contributed by atoms with E-state index >= 15 is 0 Å². The topological polar surface area (TPSA) is 158 Å². The molecule has 0 amide bonds. The maximum absolute atomic E-state index is 13.6. The third kappa shape index (κ3) is 13.7. The first-order valence-corrected chi connectivity index (χ1v) is 26.1. The Morgan fingerprint density at radius 3 is 1.12 bits per heavy atom. The monoisotopic (exact) mass is 1040 g/mol. The van der Waals surface area contributed by atoms with Gasteiger partial charge in [0, 0.05) is 11.8 Å². The lowest BCUT2D eigenvalue weighted by molar-refractivity contribution is -0.151. The molecule has 2 atom stereocenters. The van der Waals surface area contributed by atoms with Crippen LogP contribution in [0.15, 0.2) is 146 Å². The number of esters is 4. The first-order chi connectivity index (χ1) is 37.2. The predicted octanol–water partition coefficient (Wildman–Crippen LogP) is 12.6. The summed E-state index contributed by atoms with van der Waals surface area (Å²) in [6, 6.07) is 41.9. The summed E-state index contributed by atoms with van der Waals surface area (Å²) in [5.41, 5.74) is 9.98. The number of allylic oxidation sites excluding steroid dienone is 2. The highest BCUT2D eigenvalue weighted by molar-refractivity contribution is 6.11. The number of benzene rings is 6. The molecule has 12 heteroatoms. The van der Waals surface area contributed by atoms with Gasteiger partial charge in [0.15, 0.2) is 34.6 Å². The molecule has 0 unspecified atom stereocenters. The number of ketones is 2. The van der Waals surface area contributed by atoms with Gasteiger partial charge in [-0.15, -0.1) is 0 Å². The molecule has 0 saturated heterocycles. The molecule has 6 aromatic rings. The zero-order chi connectivity index (χ0) is 54.6. The van der Waals surface area contributed by atoms with Crippen LogP contribution in [0.5, 0.6) is 23.0 Å². The van der Waals surface area contributed by atoms with Gasteiger partial charge < -0.3 is 28.4 Å². The number of rotatable bonds is 24. The first kappa shape index (κ1) is 54.9. The van der Waals surface area contributed by atoms with Gasteiger partial charge in [-0.25, -0.2) is 0 Å². The van der Waals surface area contributed by atoms with E-state index < -0.39 is 53.7 Å². The Hall–Kier alpha value is -8.38. The van der Waals surface area contributed by atoms with Gasteiger partial charge in [0.1, 0.15) is 13.2 Å². The number of methoxy groups -OCH3 is 2. The SMILES string of the molecule is COc1cc(/C=C/C(=O)CC(=O)/C=C/c2ccc(OC(=O)[C@@H](CC(=O)OCC3c4ccccc4-c4ccccc43)CC(C)C)c(OC)c2)ccc1OC(=O)[C@@H](CC(=O)OCC1c2ccccc2-c2ccccc21)CC(C)C.